The summed E-state index contributed by atoms with van der Waals surface area (Å²) in [7, 11) is 1.34. The van der Waals surface area contributed by atoms with Crippen LogP contribution >= 0.6 is 0 Å². The van der Waals surface area contributed by atoms with Crippen molar-refractivity contribution in [1.29, 1.82) is 0 Å². The average molecular weight is 405 g/mol. The summed E-state index contributed by atoms with van der Waals surface area (Å²) in [5.41, 5.74) is 2.27. The summed E-state index contributed by atoms with van der Waals surface area (Å²) in [6.07, 6.45) is 6.14. The lowest BCUT2D eigenvalue weighted by Crippen LogP contribution is -2.42. The van der Waals surface area contributed by atoms with Crippen LogP contribution in [0.15, 0.2) is 54.6 Å². The van der Waals surface area contributed by atoms with Gasteiger partial charge in [0.1, 0.15) is 11.4 Å². The van der Waals surface area contributed by atoms with Gasteiger partial charge in [-0.1, -0.05) is 36.4 Å². The van der Waals surface area contributed by atoms with E-state index in [1.165, 1.54) is 18.7 Å². The smallest absolute Gasteiger partial charge is 0.330 e. The molecule has 0 radical (unpaired) electrons. The van der Waals surface area contributed by atoms with E-state index < -0.39 is 11.6 Å². The Labute approximate surface area is 177 Å². The molecule has 2 aliphatic heterocycles. The largest absolute Gasteiger partial charge is 0.486 e. The number of carbonyl (C=O) groups is 2. The molecule has 0 N–H and O–H groups in total. The van der Waals surface area contributed by atoms with Gasteiger partial charge in [0.2, 0.25) is 0 Å². The maximum atomic E-state index is 13.0. The van der Waals surface area contributed by atoms with Crippen molar-refractivity contribution in [1.82, 2.24) is 4.90 Å². The van der Waals surface area contributed by atoms with E-state index in [2.05, 4.69) is 33.9 Å². The van der Waals surface area contributed by atoms with Crippen molar-refractivity contribution in [2.75, 3.05) is 20.2 Å². The molecule has 5 nitrogen and oxygen atoms in total. The van der Waals surface area contributed by atoms with Crippen molar-refractivity contribution in [3.8, 4) is 5.75 Å². The lowest BCUT2D eigenvalue weighted by atomic mass is 9.84. The van der Waals surface area contributed by atoms with Crippen molar-refractivity contribution in [2.45, 2.75) is 37.8 Å². The minimum absolute atomic E-state index is 0.112. The number of fused-ring (bicyclic) bond motifs is 1. The molecule has 5 heteroatoms. The Balaban J connectivity index is 1.46. The number of carbonyl (C=O) groups excluding carboxylic acids is 2. The van der Waals surface area contributed by atoms with Crippen LogP contribution in [0.5, 0.6) is 5.75 Å². The van der Waals surface area contributed by atoms with E-state index in [-0.39, 0.29) is 5.78 Å². The highest BCUT2D eigenvalue weighted by molar-refractivity contribution is 6.01. The standard InChI is InChI=1S/C25H27NO4/c1-29-24(28)11-9-19-8-10-23-21(16-19)22(27)17-25(30-23)12-5-14-26(15-13-25)18-20-6-3-2-4-7-20/h2-4,6-11,16H,5,12-15,17-18H2,1H3/b11-9+. The number of benzene rings is 2. The maximum Gasteiger partial charge on any atom is 0.330 e. The molecule has 156 valence electrons. The number of methoxy groups -OCH3 is 1. The number of hydrogen-bond donors (Lipinski definition) is 0. The topological polar surface area (TPSA) is 55.8 Å². The molecular weight excluding hydrogens is 378 g/mol. The van der Waals surface area contributed by atoms with Gasteiger partial charge in [0, 0.05) is 25.6 Å². The van der Waals surface area contributed by atoms with Crippen molar-refractivity contribution in [2.24, 2.45) is 0 Å². The Morgan fingerprint density at radius 1 is 1.17 bits per heavy atom. The highest BCUT2D eigenvalue weighted by atomic mass is 16.5. The molecule has 0 bridgehead atoms. The zero-order valence-corrected chi connectivity index (χ0v) is 17.3. The summed E-state index contributed by atoms with van der Waals surface area (Å²) in [6, 6.07) is 16.0. The summed E-state index contributed by atoms with van der Waals surface area (Å²) in [5, 5.41) is 0. The van der Waals surface area contributed by atoms with Gasteiger partial charge < -0.3 is 9.47 Å². The molecule has 2 aromatic rings. The van der Waals surface area contributed by atoms with Gasteiger partial charge in [0.05, 0.1) is 19.1 Å². The minimum Gasteiger partial charge on any atom is -0.486 e. The van der Waals surface area contributed by atoms with Crippen LogP contribution in [0.3, 0.4) is 0 Å². The van der Waals surface area contributed by atoms with E-state index in [1.54, 1.807) is 12.1 Å². The van der Waals surface area contributed by atoms with Gasteiger partial charge in [-0.15, -0.1) is 0 Å². The fraction of sp³-hybridized carbons (Fsp3) is 0.360. The number of Topliss-reactive ketones (excluding diaryl/α,β-unsaturated/α-hetero) is 1. The number of rotatable bonds is 4. The summed E-state index contributed by atoms with van der Waals surface area (Å²) in [6.45, 7) is 2.85. The predicted molar refractivity (Wildman–Crippen MR) is 115 cm³/mol. The molecule has 1 unspecified atom stereocenters. The number of esters is 1. The molecule has 1 atom stereocenters. The first-order chi connectivity index (χ1) is 14.6. The van der Waals surface area contributed by atoms with Crippen molar-refractivity contribution in [3.05, 3.63) is 71.3 Å². The SMILES string of the molecule is COC(=O)/C=C/c1ccc2c(c1)C(=O)CC1(CCCN(Cc3ccccc3)CC1)O2. The van der Waals surface area contributed by atoms with Crippen LogP contribution in [0.25, 0.3) is 6.08 Å². The monoisotopic (exact) mass is 405 g/mol. The number of ether oxygens (including phenoxy) is 2. The summed E-state index contributed by atoms with van der Waals surface area (Å²) >= 11 is 0. The van der Waals surface area contributed by atoms with E-state index in [9.17, 15) is 9.59 Å². The first-order valence-electron chi connectivity index (χ1n) is 10.5. The second-order valence-electron chi connectivity index (χ2n) is 8.11. The maximum absolute atomic E-state index is 13.0. The van der Waals surface area contributed by atoms with Gasteiger partial charge >= 0.3 is 5.97 Å². The highest BCUT2D eigenvalue weighted by Gasteiger charge is 2.41. The van der Waals surface area contributed by atoms with Gasteiger partial charge in [-0.3, -0.25) is 9.69 Å². The molecular formula is C25H27NO4. The second kappa shape index (κ2) is 8.84. The zero-order chi connectivity index (χ0) is 21.0. The zero-order valence-electron chi connectivity index (χ0n) is 17.3. The quantitative estimate of drug-likeness (QED) is 0.562. The van der Waals surface area contributed by atoms with Gasteiger partial charge in [-0.25, -0.2) is 4.79 Å². The third-order valence-corrected chi connectivity index (χ3v) is 5.97. The highest BCUT2D eigenvalue weighted by Crippen LogP contribution is 2.40. The van der Waals surface area contributed by atoms with Gasteiger partial charge in [0.15, 0.2) is 5.78 Å². The summed E-state index contributed by atoms with van der Waals surface area (Å²) < 4.78 is 11.1. The van der Waals surface area contributed by atoms with E-state index in [0.29, 0.717) is 17.7 Å². The van der Waals surface area contributed by atoms with Gasteiger partial charge in [-0.05, 0) is 48.7 Å². The molecule has 0 amide bonds. The van der Waals surface area contributed by atoms with Crippen LogP contribution in [-0.2, 0) is 16.1 Å². The predicted octanol–water partition coefficient (Wildman–Crippen LogP) is 4.26. The number of nitrogens with zero attached hydrogens (tertiary/aromatic N) is 1. The Morgan fingerprint density at radius 3 is 2.80 bits per heavy atom. The lowest BCUT2D eigenvalue weighted by Gasteiger charge is -2.37. The normalized spacial score (nSPS) is 21.8. The molecule has 0 aromatic heterocycles. The number of likely N-dealkylation sites (tertiary alicyclic amines) is 1. The van der Waals surface area contributed by atoms with Crippen molar-refractivity contribution in [3.63, 3.8) is 0 Å². The summed E-state index contributed by atoms with van der Waals surface area (Å²) in [4.78, 5) is 26.7. The Kier molecular flexibility index (Phi) is 6.00. The number of hydrogen-bond acceptors (Lipinski definition) is 5. The van der Waals surface area contributed by atoms with Crippen LogP contribution in [0.4, 0.5) is 0 Å². The molecule has 1 fully saturated rings. The first-order valence-corrected chi connectivity index (χ1v) is 10.5. The van der Waals surface area contributed by atoms with E-state index >= 15 is 0 Å². The van der Waals surface area contributed by atoms with Crippen LogP contribution in [0.2, 0.25) is 0 Å². The molecule has 4 rings (SSSR count). The molecule has 2 aromatic carbocycles. The van der Waals surface area contributed by atoms with Gasteiger partial charge in [-0.2, -0.15) is 0 Å². The van der Waals surface area contributed by atoms with E-state index in [0.717, 1.165) is 44.5 Å². The Hall–Kier alpha value is -2.92. The fourth-order valence-corrected chi connectivity index (χ4v) is 4.35. The molecule has 0 saturated carbocycles. The number of ketones is 1. The van der Waals surface area contributed by atoms with Crippen LogP contribution in [-0.4, -0.2) is 42.5 Å². The molecule has 2 heterocycles. The Bertz CT molecular complexity index is 953. The lowest BCUT2D eigenvalue weighted by molar-refractivity contribution is -0.134. The fourth-order valence-electron chi connectivity index (χ4n) is 4.35. The van der Waals surface area contributed by atoms with Crippen molar-refractivity contribution < 1.29 is 19.1 Å². The average Bonchev–Trinajstić information content (AvgIpc) is 2.95. The second-order valence-corrected chi connectivity index (χ2v) is 8.11. The van der Waals surface area contributed by atoms with E-state index in [4.69, 9.17) is 4.74 Å². The molecule has 0 aliphatic carbocycles. The van der Waals surface area contributed by atoms with Crippen LogP contribution in [0.1, 0.15) is 47.2 Å². The minimum atomic E-state index is -0.423. The third-order valence-electron chi connectivity index (χ3n) is 5.97. The van der Waals surface area contributed by atoms with Gasteiger partial charge in [0.25, 0.3) is 0 Å². The molecule has 1 spiro atoms. The van der Waals surface area contributed by atoms with Crippen molar-refractivity contribution >= 4 is 17.8 Å². The first kappa shape index (κ1) is 20.4. The van der Waals surface area contributed by atoms with Crippen LogP contribution < -0.4 is 4.74 Å². The molecule has 30 heavy (non-hydrogen) atoms. The molecule has 1 saturated heterocycles. The third kappa shape index (κ3) is 4.62. The van der Waals surface area contributed by atoms with Crippen LogP contribution in [0, 0.1) is 0 Å². The molecule has 2 aliphatic rings. The summed E-state index contributed by atoms with van der Waals surface area (Å²) in [5.74, 6) is 0.340. The Morgan fingerprint density at radius 2 is 2.00 bits per heavy atom. The van der Waals surface area contributed by atoms with E-state index in [1.807, 2.05) is 18.2 Å².